The van der Waals surface area contributed by atoms with E-state index in [1.54, 1.807) is 43.3 Å². The molecule has 220 valence electrons. The summed E-state index contributed by atoms with van der Waals surface area (Å²) in [5, 5.41) is 3.10. The molecule has 3 aromatic carbocycles. The topological polar surface area (TPSA) is 86.8 Å². The van der Waals surface area contributed by atoms with Gasteiger partial charge in [0.05, 0.1) is 15.6 Å². The van der Waals surface area contributed by atoms with Crippen LogP contribution in [-0.4, -0.2) is 44.3 Å². The molecule has 0 aliphatic rings. The molecule has 0 aromatic heterocycles. The number of sulfonamides is 1. The van der Waals surface area contributed by atoms with E-state index >= 15 is 0 Å². The molecule has 0 aliphatic heterocycles. The van der Waals surface area contributed by atoms with Crippen LogP contribution in [0.1, 0.15) is 32.8 Å². The van der Waals surface area contributed by atoms with Crippen LogP contribution in [-0.2, 0) is 26.2 Å². The second kappa shape index (κ2) is 14.4. The van der Waals surface area contributed by atoms with Crippen LogP contribution in [0.25, 0.3) is 0 Å². The minimum Gasteiger partial charge on any atom is -0.354 e. The van der Waals surface area contributed by atoms with Gasteiger partial charge in [-0.2, -0.15) is 0 Å². The highest BCUT2D eigenvalue weighted by atomic mass is 35.5. The summed E-state index contributed by atoms with van der Waals surface area (Å²) in [5.74, 6) is -1.69. The fraction of sp³-hybridized carbons (Fsp3) is 0.310. The lowest BCUT2D eigenvalue weighted by Crippen LogP contribution is -2.52. The number of nitrogens with one attached hydrogen (secondary N) is 1. The van der Waals surface area contributed by atoms with Gasteiger partial charge in [0.2, 0.25) is 11.8 Å². The molecule has 0 spiro atoms. The second-order valence-corrected chi connectivity index (χ2v) is 12.8. The highest BCUT2D eigenvalue weighted by Gasteiger charge is 2.34. The van der Waals surface area contributed by atoms with Crippen LogP contribution in [0.5, 0.6) is 0 Å². The van der Waals surface area contributed by atoms with E-state index in [9.17, 15) is 22.4 Å². The van der Waals surface area contributed by atoms with E-state index in [4.69, 9.17) is 34.8 Å². The van der Waals surface area contributed by atoms with E-state index < -0.39 is 40.2 Å². The van der Waals surface area contributed by atoms with Crippen molar-refractivity contribution in [3.63, 3.8) is 0 Å². The summed E-state index contributed by atoms with van der Waals surface area (Å²) in [4.78, 5) is 28.5. The maximum atomic E-state index is 14.1. The Balaban J connectivity index is 2.10. The first-order chi connectivity index (χ1) is 19.4. The van der Waals surface area contributed by atoms with Gasteiger partial charge in [-0.05, 0) is 54.8 Å². The number of hydrogen-bond acceptors (Lipinski definition) is 4. The average molecular weight is 643 g/mol. The molecule has 41 heavy (non-hydrogen) atoms. The minimum atomic E-state index is -4.32. The SMILES string of the molecule is CC[C@@H](C(=O)NCC(C)C)N(Cc1c(Cl)cccc1Cl)C(=O)CN(c1ccc(F)c(Cl)c1)S(=O)(=O)c1ccccc1. The van der Waals surface area contributed by atoms with Crippen LogP contribution in [0.15, 0.2) is 71.6 Å². The smallest absolute Gasteiger partial charge is 0.264 e. The Morgan fingerprint density at radius 2 is 1.56 bits per heavy atom. The number of amides is 2. The first-order valence-electron chi connectivity index (χ1n) is 12.9. The maximum Gasteiger partial charge on any atom is 0.264 e. The summed E-state index contributed by atoms with van der Waals surface area (Å²) in [7, 11) is -4.32. The van der Waals surface area contributed by atoms with Crippen molar-refractivity contribution in [3.05, 3.63) is 93.2 Å². The largest absolute Gasteiger partial charge is 0.354 e. The first-order valence-corrected chi connectivity index (χ1v) is 15.5. The van der Waals surface area contributed by atoms with Crippen LogP contribution in [0.4, 0.5) is 10.1 Å². The number of nitrogens with zero attached hydrogens (tertiary/aromatic N) is 2. The first kappa shape index (κ1) is 32.7. The lowest BCUT2D eigenvalue weighted by atomic mass is 10.1. The third kappa shape index (κ3) is 8.13. The molecule has 1 N–H and O–H groups in total. The van der Waals surface area contributed by atoms with Crippen LogP contribution in [0, 0.1) is 11.7 Å². The molecule has 2 amide bonds. The average Bonchev–Trinajstić information content (AvgIpc) is 2.93. The van der Waals surface area contributed by atoms with Gasteiger partial charge in [0.25, 0.3) is 10.0 Å². The standard InChI is InChI=1S/C29H31Cl3FN3O4S/c1-4-27(29(38)34-16-19(2)3)35(17-22-23(30)11-8-12-24(22)31)28(37)18-36(20-13-14-26(33)25(32)15-20)41(39,40)21-9-6-5-7-10-21/h5-15,19,27H,4,16-18H2,1-3H3,(H,34,38)/t27-/m0/s1. The number of anilines is 1. The number of rotatable bonds is 12. The Morgan fingerprint density at radius 1 is 0.927 bits per heavy atom. The van der Waals surface area contributed by atoms with Gasteiger partial charge in [0.1, 0.15) is 18.4 Å². The van der Waals surface area contributed by atoms with Crippen LogP contribution in [0.2, 0.25) is 15.1 Å². The molecule has 0 bridgehead atoms. The zero-order valence-electron chi connectivity index (χ0n) is 22.8. The summed E-state index contributed by atoms with van der Waals surface area (Å²) >= 11 is 18.8. The normalized spacial score (nSPS) is 12.2. The van der Waals surface area contributed by atoms with Gasteiger partial charge >= 0.3 is 0 Å². The Labute approximate surface area is 255 Å². The van der Waals surface area contributed by atoms with Gasteiger partial charge < -0.3 is 10.2 Å². The number of benzene rings is 3. The molecule has 7 nitrogen and oxygen atoms in total. The summed E-state index contributed by atoms with van der Waals surface area (Å²) < 4.78 is 42.5. The second-order valence-electron chi connectivity index (χ2n) is 9.71. The Kier molecular flexibility index (Phi) is 11.4. The van der Waals surface area contributed by atoms with Gasteiger partial charge in [-0.3, -0.25) is 13.9 Å². The Hall–Kier alpha value is -2.85. The fourth-order valence-corrected chi connectivity index (χ4v) is 6.20. The quantitative estimate of drug-likeness (QED) is 0.243. The van der Waals surface area contributed by atoms with Crippen molar-refractivity contribution in [2.24, 2.45) is 5.92 Å². The van der Waals surface area contributed by atoms with Crippen molar-refractivity contribution in [2.75, 3.05) is 17.4 Å². The summed E-state index contributed by atoms with van der Waals surface area (Å²) in [5.41, 5.74) is 0.378. The van der Waals surface area contributed by atoms with Crippen molar-refractivity contribution in [1.82, 2.24) is 10.2 Å². The van der Waals surface area contributed by atoms with Gasteiger partial charge in [-0.25, -0.2) is 12.8 Å². The number of carbonyl (C=O) groups is 2. The monoisotopic (exact) mass is 641 g/mol. The number of halogens is 4. The molecule has 0 heterocycles. The third-order valence-electron chi connectivity index (χ3n) is 6.26. The molecule has 0 fully saturated rings. The van der Waals surface area contributed by atoms with Crippen molar-refractivity contribution >= 4 is 62.3 Å². The van der Waals surface area contributed by atoms with E-state index in [1.807, 2.05) is 13.8 Å². The van der Waals surface area contributed by atoms with Crippen LogP contribution >= 0.6 is 34.8 Å². The zero-order chi connectivity index (χ0) is 30.3. The maximum absolute atomic E-state index is 14.1. The van der Waals surface area contributed by atoms with Gasteiger partial charge in [0.15, 0.2) is 0 Å². The minimum absolute atomic E-state index is 0.0263. The molecular weight excluding hydrogens is 612 g/mol. The molecule has 0 saturated heterocycles. The van der Waals surface area contributed by atoms with E-state index in [1.165, 1.54) is 23.1 Å². The van der Waals surface area contributed by atoms with E-state index in [2.05, 4.69) is 5.32 Å². The molecule has 1 atom stereocenters. The zero-order valence-corrected chi connectivity index (χ0v) is 25.9. The fourth-order valence-electron chi connectivity index (χ4n) is 4.08. The summed E-state index contributed by atoms with van der Waals surface area (Å²) in [6.07, 6.45) is 0.228. The van der Waals surface area contributed by atoms with Crippen molar-refractivity contribution in [2.45, 2.75) is 44.7 Å². The van der Waals surface area contributed by atoms with Gasteiger partial charge in [0, 0.05) is 28.7 Å². The molecule has 3 aromatic rings. The predicted octanol–water partition coefficient (Wildman–Crippen LogP) is 6.56. The Morgan fingerprint density at radius 3 is 2.12 bits per heavy atom. The predicted molar refractivity (Wildman–Crippen MR) is 161 cm³/mol. The lowest BCUT2D eigenvalue weighted by Gasteiger charge is -2.33. The highest BCUT2D eigenvalue weighted by molar-refractivity contribution is 7.92. The van der Waals surface area contributed by atoms with Crippen molar-refractivity contribution < 1.29 is 22.4 Å². The molecule has 0 saturated carbocycles. The van der Waals surface area contributed by atoms with E-state index in [-0.39, 0.29) is 44.5 Å². The van der Waals surface area contributed by atoms with Crippen molar-refractivity contribution in [1.29, 1.82) is 0 Å². The van der Waals surface area contributed by atoms with E-state index in [0.29, 0.717) is 12.1 Å². The van der Waals surface area contributed by atoms with Crippen LogP contribution in [0.3, 0.4) is 0 Å². The molecule has 12 heteroatoms. The molecular formula is C29H31Cl3FN3O4S. The summed E-state index contributed by atoms with van der Waals surface area (Å²) in [6, 6.07) is 14.8. The molecule has 0 unspecified atom stereocenters. The Bertz CT molecular complexity index is 1470. The number of carbonyl (C=O) groups excluding carboxylic acids is 2. The van der Waals surface area contributed by atoms with Crippen molar-refractivity contribution in [3.8, 4) is 0 Å². The van der Waals surface area contributed by atoms with Gasteiger partial charge in [-0.15, -0.1) is 0 Å². The third-order valence-corrected chi connectivity index (χ3v) is 9.05. The highest BCUT2D eigenvalue weighted by Crippen LogP contribution is 2.30. The van der Waals surface area contributed by atoms with E-state index in [0.717, 1.165) is 16.4 Å². The van der Waals surface area contributed by atoms with Gasteiger partial charge in [-0.1, -0.05) is 79.8 Å². The van der Waals surface area contributed by atoms with Crippen LogP contribution < -0.4 is 9.62 Å². The lowest BCUT2D eigenvalue weighted by molar-refractivity contribution is -0.140. The number of hydrogen-bond donors (Lipinski definition) is 1. The molecule has 3 rings (SSSR count). The molecule has 0 aliphatic carbocycles. The summed E-state index contributed by atoms with van der Waals surface area (Å²) in [6.45, 7) is 5.13. The molecule has 0 radical (unpaired) electrons.